The summed E-state index contributed by atoms with van der Waals surface area (Å²) in [6.45, 7) is 7.94. The van der Waals surface area contributed by atoms with E-state index < -0.39 is 29.5 Å². The molecule has 1 aliphatic rings. The van der Waals surface area contributed by atoms with Crippen LogP contribution in [0.1, 0.15) is 75.3 Å². The number of aliphatic hydroxyl groups excluding tert-OH is 1. The molecule has 1 aliphatic carbocycles. The van der Waals surface area contributed by atoms with Crippen LogP contribution in [-0.4, -0.2) is 60.3 Å². The van der Waals surface area contributed by atoms with E-state index in [1.807, 2.05) is 60.7 Å². The quantitative estimate of drug-likeness (QED) is 0.0728. The number of rotatable bonds is 22. The van der Waals surface area contributed by atoms with E-state index >= 15 is 0 Å². The maximum Gasteiger partial charge on any atom is 0.407 e. The molecule has 0 bridgehead atoms. The molecule has 4 N–H and O–H groups in total. The van der Waals surface area contributed by atoms with Gasteiger partial charge in [-0.1, -0.05) is 85.7 Å². The first-order chi connectivity index (χ1) is 23.8. The molecule has 3 rings (SSSR count). The van der Waals surface area contributed by atoms with Gasteiger partial charge in [-0.3, -0.25) is 14.4 Å². The van der Waals surface area contributed by atoms with Crippen LogP contribution in [0.3, 0.4) is 0 Å². The number of allylic oxidation sites excluding steroid dienone is 2. The van der Waals surface area contributed by atoms with Gasteiger partial charge in [0.25, 0.3) is 0 Å². The van der Waals surface area contributed by atoms with Gasteiger partial charge in [0.15, 0.2) is 0 Å². The zero-order valence-electron chi connectivity index (χ0n) is 28.6. The zero-order valence-corrected chi connectivity index (χ0v) is 28.6. The van der Waals surface area contributed by atoms with Gasteiger partial charge in [-0.05, 0) is 62.5 Å². The summed E-state index contributed by atoms with van der Waals surface area (Å²) in [5, 5.41) is 18.7. The molecule has 10 nitrogen and oxygen atoms in total. The highest BCUT2D eigenvalue weighted by atomic mass is 16.5. The van der Waals surface area contributed by atoms with Crippen LogP contribution in [0.2, 0.25) is 0 Å². The van der Waals surface area contributed by atoms with Crippen LogP contribution < -0.4 is 16.0 Å². The molecule has 1 fully saturated rings. The van der Waals surface area contributed by atoms with Crippen LogP contribution in [0.15, 0.2) is 86.0 Å². The lowest BCUT2D eigenvalue weighted by Crippen LogP contribution is -2.50. The third-order valence-corrected chi connectivity index (χ3v) is 8.87. The van der Waals surface area contributed by atoms with Gasteiger partial charge in [-0.2, -0.15) is 0 Å². The molecule has 0 spiro atoms. The van der Waals surface area contributed by atoms with Gasteiger partial charge in [0.1, 0.15) is 13.2 Å². The van der Waals surface area contributed by atoms with Crippen LogP contribution in [0.25, 0.3) is 0 Å². The molecule has 2 aromatic rings. The van der Waals surface area contributed by atoms with E-state index in [9.17, 15) is 24.3 Å². The number of ether oxygens (including phenoxy) is 2. The normalized spacial score (nSPS) is 15.2. The number of unbranched alkanes of at least 4 members (excludes halogenated alkanes) is 1. The minimum absolute atomic E-state index is 0.0415. The van der Waals surface area contributed by atoms with Crippen molar-refractivity contribution in [3.05, 3.63) is 97.1 Å². The highest BCUT2D eigenvalue weighted by Crippen LogP contribution is 2.29. The monoisotopic (exact) mass is 675 g/mol. The minimum atomic E-state index is -0.680. The number of benzene rings is 2. The first-order valence-electron chi connectivity index (χ1n) is 17.4. The molecule has 2 aromatic carbocycles. The van der Waals surface area contributed by atoms with Gasteiger partial charge in [0.05, 0.1) is 30.0 Å². The number of amides is 3. The average Bonchev–Trinajstić information content (AvgIpc) is 3.58. The summed E-state index contributed by atoms with van der Waals surface area (Å²) in [4.78, 5) is 51.9. The van der Waals surface area contributed by atoms with E-state index in [4.69, 9.17) is 9.47 Å². The molecule has 3 atom stereocenters. The van der Waals surface area contributed by atoms with Gasteiger partial charge in [-0.25, -0.2) is 4.79 Å². The smallest absolute Gasteiger partial charge is 0.407 e. The second-order valence-corrected chi connectivity index (χ2v) is 12.9. The van der Waals surface area contributed by atoms with Crippen molar-refractivity contribution in [3.8, 4) is 0 Å². The lowest BCUT2D eigenvalue weighted by Gasteiger charge is -2.29. The van der Waals surface area contributed by atoms with Crippen molar-refractivity contribution in [3.63, 3.8) is 0 Å². The molecule has 3 amide bonds. The molecule has 0 aromatic heterocycles. The van der Waals surface area contributed by atoms with Crippen molar-refractivity contribution >= 4 is 23.9 Å². The molecule has 0 unspecified atom stereocenters. The van der Waals surface area contributed by atoms with Crippen molar-refractivity contribution in [2.24, 2.45) is 11.8 Å². The minimum Gasteiger partial charge on any atom is -0.463 e. The molecule has 0 aliphatic heterocycles. The predicted octanol–water partition coefficient (Wildman–Crippen LogP) is 5.55. The second-order valence-electron chi connectivity index (χ2n) is 12.9. The Morgan fingerprint density at radius 1 is 0.857 bits per heavy atom. The SMILES string of the molecule is C=CC[C@@H](CC(=O)NC1(CO)CCCC1)C(=O)N[C@@H](CCCCNC(=O)OCc1ccccc1)COC(=O)[C@@H](CC=C)Cc1ccccc1. The largest absolute Gasteiger partial charge is 0.463 e. The van der Waals surface area contributed by atoms with Crippen LogP contribution in [0, 0.1) is 11.8 Å². The van der Waals surface area contributed by atoms with E-state index in [1.54, 1.807) is 12.2 Å². The first-order valence-corrected chi connectivity index (χ1v) is 17.4. The third-order valence-electron chi connectivity index (χ3n) is 8.87. The summed E-state index contributed by atoms with van der Waals surface area (Å²) in [6, 6.07) is 18.6. The highest BCUT2D eigenvalue weighted by molar-refractivity contribution is 5.86. The Morgan fingerprint density at radius 3 is 2.12 bits per heavy atom. The van der Waals surface area contributed by atoms with Crippen molar-refractivity contribution in [2.75, 3.05) is 19.8 Å². The number of aliphatic hydroxyl groups is 1. The number of alkyl carbamates (subject to hydrolysis) is 1. The van der Waals surface area contributed by atoms with E-state index in [0.717, 1.165) is 24.0 Å². The summed E-state index contributed by atoms with van der Waals surface area (Å²) in [7, 11) is 0. The summed E-state index contributed by atoms with van der Waals surface area (Å²) in [5.41, 5.74) is 1.27. The Hall–Kier alpha value is -4.44. The molecule has 1 saturated carbocycles. The number of esters is 1. The maximum absolute atomic E-state index is 13.5. The fourth-order valence-corrected chi connectivity index (χ4v) is 6.09. The molecule has 266 valence electrons. The Labute approximate surface area is 290 Å². The molecule has 0 saturated heterocycles. The number of nitrogens with one attached hydrogen (secondary N) is 3. The highest BCUT2D eigenvalue weighted by Gasteiger charge is 2.35. The molecule has 0 heterocycles. The van der Waals surface area contributed by atoms with Gasteiger partial charge >= 0.3 is 12.1 Å². The fourth-order valence-electron chi connectivity index (χ4n) is 6.09. The summed E-state index contributed by atoms with van der Waals surface area (Å²) >= 11 is 0. The summed E-state index contributed by atoms with van der Waals surface area (Å²) < 4.78 is 11.0. The lowest BCUT2D eigenvalue weighted by molar-refractivity contribution is -0.150. The summed E-state index contributed by atoms with van der Waals surface area (Å²) in [5.74, 6) is -2.11. The predicted molar refractivity (Wildman–Crippen MR) is 189 cm³/mol. The van der Waals surface area contributed by atoms with Crippen LogP contribution in [-0.2, 0) is 36.9 Å². The van der Waals surface area contributed by atoms with Crippen LogP contribution >= 0.6 is 0 Å². The van der Waals surface area contributed by atoms with Gasteiger partial charge in [-0.15, -0.1) is 13.2 Å². The van der Waals surface area contributed by atoms with Crippen LogP contribution in [0.5, 0.6) is 0 Å². The van der Waals surface area contributed by atoms with Crippen molar-refractivity contribution in [1.82, 2.24) is 16.0 Å². The molecule has 49 heavy (non-hydrogen) atoms. The van der Waals surface area contributed by atoms with Gasteiger partial charge < -0.3 is 30.5 Å². The molecule has 0 radical (unpaired) electrons. The Balaban J connectivity index is 1.58. The number of hydrogen-bond donors (Lipinski definition) is 4. The van der Waals surface area contributed by atoms with Crippen molar-refractivity contribution in [2.45, 2.75) is 88.8 Å². The summed E-state index contributed by atoms with van der Waals surface area (Å²) in [6.07, 6.45) is 8.94. The molecular weight excluding hydrogens is 622 g/mol. The van der Waals surface area contributed by atoms with Crippen molar-refractivity contribution in [1.29, 1.82) is 0 Å². The second kappa shape index (κ2) is 21.5. The van der Waals surface area contributed by atoms with E-state index in [-0.39, 0.29) is 50.4 Å². The van der Waals surface area contributed by atoms with E-state index in [2.05, 4.69) is 29.1 Å². The topological polar surface area (TPSA) is 143 Å². The fraction of sp³-hybridized carbons (Fsp3) is 0.487. The van der Waals surface area contributed by atoms with E-state index in [0.29, 0.717) is 51.5 Å². The lowest BCUT2D eigenvalue weighted by atomic mass is 9.95. The van der Waals surface area contributed by atoms with Gasteiger partial charge in [0.2, 0.25) is 11.8 Å². The first kappa shape index (κ1) is 39.0. The number of hydrogen-bond acceptors (Lipinski definition) is 7. The standard InChI is InChI=1S/C39H53N3O7/c1-3-15-32(26-35(44)42-39(29-43)22-12-13-23-39)36(45)41-34(21-11-14-24-40-38(47)49-27-31-19-9-6-10-20-31)28-48-37(46)33(16-4-2)25-30-17-7-5-8-18-30/h3-10,17-20,32-34,43H,1-2,11-16,21-29H2,(H,40,47)(H,41,45)(H,42,44)/t32-,33-,34-/m0/s1. The van der Waals surface area contributed by atoms with Gasteiger partial charge in [0, 0.05) is 13.0 Å². The Morgan fingerprint density at radius 2 is 1.49 bits per heavy atom. The Bertz CT molecular complexity index is 1330. The number of carbonyl (C=O) groups excluding carboxylic acids is 4. The maximum atomic E-state index is 13.5. The Kier molecular flexibility index (Phi) is 17.1. The van der Waals surface area contributed by atoms with Crippen molar-refractivity contribution < 1.29 is 33.8 Å². The number of carbonyl (C=O) groups is 4. The third kappa shape index (κ3) is 14.3. The van der Waals surface area contributed by atoms with Crippen LogP contribution in [0.4, 0.5) is 4.79 Å². The van der Waals surface area contributed by atoms with E-state index in [1.165, 1.54) is 0 Å². The molecular formula is C39H53N3O7. The average molecular weight is 676 g/mol. The molecule has 10 heteroatoms. The zero-order chi connectivity index (χ0) is 35.3.